The molecule has 0 atom stereocenters. The Morgan fingerprint density at radius 1 is 1.32 bits per heavy atom. The smallest absolute Gasteiger partial charge is 0.390 e. The van der Waals surface area contributed by atoms with E-state index in [1.54, 1.807) is 4.57 Å². The molecular formula is C16H19F3N4O2. The number of hydrogen-bond donors (Lipinski definition) is 2. The molecule has 2 N–H and O–H groups in total. The monoisotopic (exact) mass is 356 g/mol. The van der Waals surface area contributed by atoms with E-state index in [0.29, 0.717) is 5.52 Å². The van der Waals surface area contributed by atoms with Crippen LogP contribution >= 0.6 is 0 Å². The number of aromatic nitrogens is 3. The molecule has 1 aliphatic rings. The Labute approximate surface area is 142 Å². The zero-order chi connectivity index (χ0) is 18.4. The molecule has 0 saturated heterocycles. The molecule has 0 spiro atoms. The molecule has 0 bridgehead atoms. The third-order valence-corrected chi connectivity index (χ3v) is 4.11. The number of imidazole rings is 1. The van der Waals surface area contributed by atoms with Gasteiger partial charge in [-0.25, -0.2) is 9.97 Å². The highest BCUT2D eigenvalue weighted by Crippen LogP contribution is 2.38. The fraction of sp³-hybridized carbons (Fsp3) is 0.562. The molecule has 2 heterocycles. The van der Waals surface area contributed by atoms with Crippen LogP contribution in [0.25, 0.3) is 11.2 Å². The molecule has 2 aromatic heterocycles. The topological polar surface area (TPSA) is 80.0 Å². The van der Waals surface area contributed by atoms with E-state index in [9.17, 15) is 23.1 Å². The second-order valence-electron chi connectivity index (χ2n) is 6.96. The molecule has 6 nitrogen and oxygen atoms in total. The number of anilines is 1. The summed E-state index contributed by atoms with van der Waals surface area (Å²) in [4.78, 5) is 20.0. The van der Waals surface area contributed by atoms with Crippen LogP contribution in [0.5, 0.6) is 0 Å². The van der Waals surface area contributed by atoms with Crippen molar-refractivity contribution in [3.05, 3.63) is 17.8 Å². The lowest BCUT2D eigenvalue weighted by Crippen LogP contribution is -2.29. The summed E-state index contributed by atoms with van der Waals surface area (Å²) in [7, 11) is 0. The molecular weight excluding hydrogens is 337 g/mol. The maximum atomic E-state index is 13.0. The quantitative estimate of drug-likeness (QED) is 0.881. The van der Waals surface area contributed by atoms with E-state index in [-0.39, 0.29) is 24.1 Å². The summed E-state index contributed by atoms with van der Waals surface area (Å²) in [6, 6.07) is 2.09. The van der Waals surface area contributed by atoms with Crippen LogP contribution < -0.4 is 5.32 Å². The van der Waals surface area contributed by atoms with E-state index in [0.717, 1.165) is 25.3 Å². The van der Waals surface area contributed by atoms with Gasteiger partial charge in [0.1, 0.15) is 11.2 Å². The van der Waals surface area contributed by atoms with Gasteiger partial charge < -0.3 is 5.11 Å². The zero-order valence-corrected chi connectivity index (χ0v) is 13.9. The highest BCUT2D eigenvalue weighted by atomic mass is 19.4. The van der Waals surface area contributed by atoms with Crippen molar-refractivity contribution in [2.24, 2.45) is 0 Å². The van der Waals surface area contributed by atoms with E-state index in [1.807, 2.05) is 0 Å². The fourth-order valence-electron chi connectivity index (χ4n) is 2.77. The van der Waals surface area contributed by atoms with Crippen molar-refractivity contribution in [3.63, 3.8) is 0 Å². The molecule has 2 aromatic rings. The number of rotatable bonds is 4. The van der Waals surface area contributed by atoms with Crippen LogP contribution in [0.15, 0.2) is 12.1 Å². The van der Waals surface area contributed by atoms with Crippen molar-refractivity contribution in [1.29, 1.82) is 0 Å². The van der Waals surface area contributed by atoms with Crippen LogP contribution in [-0.2, 0) is 11.0 Å². The number of hydrogen-bond acceptors (Lipinski definition) is 4. The number of amides is 1. The average molecular weight is 356 g/mol. The first-order valence-electron chi connectivity index (χ1n) is 8.03. The Morgan fingerprint density at radius 2 is 2.00 bits per heavy atom. The van der Waals surface area contributed by atoms with Crippen LogP contribution in [-0.4, -0.2) is 31.1 Å². The van der Waals surface area contributed by atoms with Gasteiger partial charge in [0.25, 0.3) is 0 Å². The van der Waals surface area contributed by atoms with E-state index in [4.69, 9.17) is 0 Å². The van der Waals surface area contributed by atoms with Crippen molar-refractivity contribution >= 4 is 23.0 Å². The Balaban J connectivity index is 2.01. The highest BCUT2D eigenvalue weighted by molar-refractivity contribution is 5.91. The number of alkyl halides is 3. The van der Waals surface area contributed by atoms with Gasteiger partial charge in [-0.3, -0.25) is 14.7 Å². The van der Waals surface area contributed by atoms with E-state index >= 15 is 0 Å². The van der Waals surface area contributed by atoms with Crippen molar-refractivity contribution < 1.29 is 23.1 Å². The molecule has 1 fully saturated rings. The second kappa shape index (κ2) is 5.98. The van der Waals surface area contributed by atoms with Gasteiger partial charge in [0, 0.05) is 6.04 Å². The average Bonchev–Trinajstić information content (AvgIpc) is 2.71. The van der Waals surface area contributed by atoms with Gasteiger partial charge in [0.15, 0.2) is 5.65 Å². The molecule has 1 amide bonds. The Kier molecular flexibility index (Phi) is 4.22. The maximum Gasteiger partial charge on any atom is 0.433 e. The summed E-state index contributed by atoms with van der Waals surface area (Å²) in [5, 5.41) is 12.3. The van der Waals surface area contributed by atoms with E-state index in [2.05, 4.69) is 15.3 Å². The Bertz CT molecular complexity index is 804. The Hall–Kier alpha value is -2.16. The van der Waals surface area contributed by atoms with Gasteiger partial charge >= 0.3 is 6.18 Å². The minimum atomic E-state index is -4.55. The standard InChI is InChI=1S/C16H19F3N4O2/c1-15(2,25)8-12(24)22-14-20-10-6-7-11(16(17,18)19)21-13(10)23(14)9-4-3-5-9/h6-7,9,25H,3-5,8H2,1-2H3,(H,20,22,24). The summed E-state index contributed by atoms with van der Waals surface area (Å²) in [5.74, 6) is -0.291. The number of halogens is 3. The minimum absolute atomic E-state index is 0.0431. The van der Waals surface area contributed by atoms with Crippen LogP contribution in [0.2, 0.25) is 0 Å². The number of pyridine rings is 1. The number of carbonyl (C=O) groups is 1. The first kappa shape index (κ1) is 17.7. The molecule has 136 valence electrons. The zero-order valence-electron chi connectivity index (χ0n) is 13.9. The van der Waals surface area contributed by atoms with Crippen LogP contribution in [0.1, 0.15) is 51.3 Å². The normalized spacial score (nSPS) is 16.1. The van der Waals surface area contributed by atoms with Crippen molar-refractivity contribution in [3.8, 4) is 0 Å². The summed E-state index contributed by atoms with van der Waals surface area (Å²) < 4.78 is 40.4. The largest absolute Gasteiger partial charge is 0.433 e. The van der Waals surface area contributed by atoms with Gasteiger partial charge in [-0.05, 0) is 45.2 Å². The van der Waals surface area contributed by atoms with E-state index in [1.165, 1.54) is 19.9 Å². The lowest BCUT2D eigenvalue weighted by molar-refractivity contribution is -0.141. The van der Waals surface area contributed by atoms with Gasteiger partial charge in [-0.1, -0.05) is 0 Å². The number of fused-ring (bicyclic) bond motifs is 1. The van der Waals surface area contributed by atoms with Crippen molar-refractivity contribution in [2.75, 3.05) is 5.32 Å². The molecule has 0 aliphatic heterocycles. The van der Waals surface area contributed by atoms with Crippen LogP contribution in [0, 0.1) is 0 Å². The molecule has 1 aliphatic carbocycles. The third-order valence-electron chi connectivity index (χ3n) is 4.11. The van der Waals surface area contributed by atoms with Gasteiger partial charge in [0.2, 0.25) is 11.9 Å². The summed E-state index contributed by atoms with van der Waals surface area (Å²) in [6.07, 6.45) is -2.16. The molecule has 0 aromatic carbocycles. The molecule has 0 unspecified atom stereocenters. The third kappa shape index (κ3) is 3.76. The minimum Gasteiger partial charge on any atom is -0.390 e. The van der Waals surface area contributed by atoms with Gasteiger partial charge in [-0.15, -0.1) is 0 Å². The molecule has 9 heteroatoms. The molecule has 25 heavy (non-hydrogen) atoms. The second-order valence-corrected chi connectivity index (χ2v) is 6.96. The van der Waals surface area contributed by atoms with Gasteiger partial charge in [0.05, 0.1) is 12.0 Å². The first-order chi connectivity index (χ1) is 11.5. The number of carbonyl (C=O) groups excluding carboxylic acids is 1. The predicted octanol–water partition coefficient (Wildman–Crippen LogP) is 3.27. The molecule has 0 radical (unpaired) electrons. The molecule has 3 rings (SSSR count). The maximum absolute atomic E-state index is 13.0. The van der Waals surface area contributed by atoms with Crippen molar-refractivity contribution in [2.45, 2.75) is 57.3 Å². The number of nitrogens with one attached hydrogen (secondary N) is 1. The summed E-state index contributed by atoms with van der Waals surface area (Å²) in [5.41, 5.74) is -1.79. The highest BCUT2D eigenvalue weighted by Gasteiger charge is 2.34. The van der Waals surface area contributed by atoms with Crippen molar-refractivity contribution in [1.82, 2.24) is 14.5 Å². The predicted molar refractivity (Wildman–Crippen MR) is 85.0 cm³/mol. The lowest BCUT2D eigenvalue weighted by Gasteiger charge is -2.28. The lowest BCUT2D eigenvalue weighted by atomic mass is 9.93. The van der Waals surface area contributed by atoms with Gasteiger partial charge in [-0.2, -0.15) is 13.2 Å². The summed E-state index contributed by atoms with van der Waals surface area (Å²) in [6.45, 7) is 3.00. The summed E-state index contributed by atoms with van der Waals surface area (Å²) >= 11 is 0. The first-order valence-corrected chi connectivity index (χ1v) is 8.03. The van der Waals surface area contributed by atoms with Crippen LogP contribution in [0.4, 0.5) is 19.1 Å². The SMILES string of the molecule is CC(C)(O)CC(=O)Nc1nc2ccc(C(F)(F)F)nc2n1C1CCC1. The number of aliphatic hydroxyl groups is 1. The number of nitrogens with zero attached hydrogens (tertiary/aromatic N) is 3. The van der Waals surface area contributed by atoms with Crippen LogP contribution in [0.3, 0.4) is 0 Å². The van der Waals surface area contributed by atoms with E-state index < -0.39 is 23.4 Å². The Morgan fingerprint density at radius 3 is 2.52 bits per heavy atom. The fourth-order valence-corrected chi connectivity index (χ4v) is 2.77. The molecule has 1 saturated carbocycles.